The highest BCUT2D eigenvalue weighted by molar-refractivity contribution is 6.36. The summed E-state index contributed by atoms with van der Waals surface area (Å²) in [5.74, 6) is -0.409. The summed E-state index contributed by atoms with van der Waals surface area (Å²) in [6.07, 6.45) is 0.567. The summed E-state index contributed by atoms with van der Waals surface area (Å²) in [4.78, 5) is 10.5. The molecule has 0 saturated heterocycles. The Bertz CT molecular complexity index is 343. The summed E-state index contributed by atoms with van der Waals surface area (Å²) in [5.41, 5.74) is 5.63. The van der Waals surface area contributed by atoms with Gasteiger partial charge >= 0.3 is 0 Å². The zero-order valence-electron chi connectivity index (χ0n) is 7.26. The molecular formula is C9H9Cl2NO2. The molecule has 0 bridgehead atoms. The summed E-state index contributed by atoms with van der Waals surface area (Å²) < 4.78 is 0. The number of aromatic hydroxyl groups is 1. The number of phenols is 1. The minimum Gasteiger partial charge on any atom is -0.508 e. The lowest BCUT2D eigenvalue weighted by Crippen LogP contribution is -2.11. The summed E-state index contributed by atoms with van der Waals surface area (Å²) in [5, 5.41) is 9.82. The first-order valence-electron chi connectivity index (χ1n) is 3.96. The maximum absolute atomic E-state index is 10.5. The topological polar surface area (TPSA) is 63.3 Å². The molecule has 1 rings (SSSR count). The molecule has 1 amide bonds. The standard InChI is InChI=1S/C9H9Cl2NO2/c10-7-3-5(13)4-8(11)6(7)1-2-9(12)14/h3-4,13H,1-2H2,(H2,12,14). The van der Waals surface area contributed by atoms with Crippen LogP contribution in [0.3, 0.4) is 0 Å². The SMILES string of the molecule is NC(=O)CCc1c(Cl)cc(O)cc1Cl. The molecule has 3 N–H and O–H groups in total. The molecule has 0 radical (unpaired) electrons. The fraction of sp³-hybridized carbons (Fsp3) is 0.222. The zero-order valence-corrected chi connectivity index (χ0v) is 8.77. The number of halogens is 2. The first-order valence-corrected chi connectivity index (χ1v) is 4.71. The van der Waals surface area contributed by atoms with Crippen molar-refractivity contribution in [1.29, 1.82) is 0 Å². The van der Waals surface area contributed by atoms with Crippen LogP contribution in [0.15, 0.2) is 12.1 Å². The lowest BCUT2D eigenvalue weighted by Gasteiger charge is -2.06. The predicted molar refractivity (Wildman–Crippen MR) is 55.6 cm³/mol. The second-order valence-corrected chi connectivity index (χ2v) is 3.67. The van der Waals surface area contributed by atoms with Gasteiger partial charge in [0.1, 0.15) is 5.75 Å². The number of hydrogen-bond donors (Lipinski definition) is 2. The molecule has 5 heteroatoms. The van der Waals surface area contributed by atoms with E-state index < -0.39 is 5.91 Å². The third kappa shape index (κ3) is 2.79. The quantitative estimate of drug-likeness (QED) is 0.841. The second-order valence-electron chi connectivity index (χ2n) is 2.85. The largest absolute Gasteiger partial charge is 0.508 e. The van der Waals surface area contributed by atoms with Crippen LogP contribution in [-0.2, 0) is 11.2 Å². The number of carbonyl (C=O) groups excluding carboxylic acids is 1. The lowest BCUT2D eigenvalue weighted by atomic mass is 10.1. The van der Waals surface area contributed by atoms with Crippen LogP contribution in [0.1, 0.15) is 12.0 Å². The Morgan fingerprint density at radius 1 is 1.36 bits per heavy atom. The molecule has 0 aliphatic heterocycles. The molecule has 0 spiro atoms. The van der Waals surface area contributed by atoms with Crippen LogP contribution in [-0.4, -0.2) is 11.0 Å². The Morgan fingerprint density at radius 2 is 1.86 bits per heavy atom. The van der Waals surface area contributed by atoms with Crippen molar-refractivity contribution >= 4 is 29.1 Å². The molecule has 0 heterocycles. The van der Waals surface area contributed by atoms with Gasteiger partial charge < -0.3 is 10.8 Å². The third-order valence-electron chi connectivity index (χ3n) is 1.75. The van der Waals surface area contributed by atoms with Crippen molar-refractivity contribution in [1.82, 2.24) is 0 Å². The Morgan fingerprint density at radius 3 is 2.29 bits per heavy atom. The molecule has 0 fully saturated rings. The Balaban J connectivity index is 2.91. The van der Waals surface area contributed by atoms with Gasteiger partial charge in [0.25, 0.3) is 0 Å². The number of rotatable bonds is 3. The van der Waals surface area contributed by atoms with Gasteiger partial charge in [0.15, 0.2) is 0 Å². The molecule has 0 saturated carbocycles. The average Bonchev–Trinajstić information content (AvgIpc) is 2.01. The van der Waals surface area contributed by atoms with Crippen LogP contribution in [0.25, 0.3) is 0 Å². The van der Waals surface area contributed by atoms with Crippen molar-refractivity contribution in [3.63, 3.8) is 0 Å². The van der Waals surface area contributed by atoms with E-state index >= 15 is 0 Å². The Hall–Kier alpha value is -0.930. The number of amides is 1. The smallest absolute Gasteiger partial charge is 0.217 e. The number of carbonyl (C=O) groups is 1. The van der Waals surface area contributed by atoms with Crippen molar-refractivity contribution in [3.05, 3.63) is 27.7 Å². The van der Waals surface area contributed by atoms with Gasteiger partial charge in [-0.25, -0.2) is 0 Å². The molecule has 0 atom stereocenters. The van der Waals surface area contributed by atoms with E-state index in [2.05, 4.69) is 0 Å². The van der Waals surface area contributed by atoms with E-state index in [-0.39, 0.29) is 12.2 Å². The summed E-state index contributed by atoms with van der Waals surface area (Å²) in [6.45, 7) is 0. The fourth-order valence-corrected chi connectivity index (χ4v) is 1.74. The molecule has 0 aliphatic rings. The number of benzene rings is 1. The van der Waals surface area contributed by atoms with Crippen molar-refractivity contribution in [2.45, 2.75) is 12.8 Å². The Kier molecular flexibility index (Phi) is 3.61. The minimum atomic E-state index is -0.412. The molecule has 0 aliphatic carbocycles. The second kappa shape index (κ2) is 4.53. The van der Waals surface area contributed by atoms with Gasteiger partial charge in [0.05, 0.1) is 0 Å². The van der Waals surface area contributed by atoms with Gasteiger partial charge in [-0.3, -0.25) is 4.79 Å². The minimum absolute atomic E-state index is 0.00262. The fourth-order valence-electron chi connectivity index (χ4n) is 1.08. The van der Waals surface area contributed by atoms with Crippen LogP contribution in [0.4, 0.5) is 0 Å². The Labute approximate surface area is 91.4 Å². The van der Waals surface area contributed by atoms with Crippen molar-refractivity contribution in [2.75, 3.05) is 0 Å². The highest BCUT2D eigenvalue weighted by Crippen LogP contribution is 2.30. The van der Waals surface area contributed by atoms with E-state index in [0.29, 0.717) is 22.0 Å². The highest BCUT2D eigenvalue weighted by atomic mass is 35.5. The molecule has 14 heavy (non-hydrogen) atoms. The summed E-state index contributed by atoms with van der Waals surface area (Å²) >= 11 is 11.6. The van der Waals surface area contributed by atoms with Crippen LogP contribution in [0, 0.1) is 0 Å². The monoisotopic (exact) mass is 233 g/mol. The van der Waals surface area contributed by atoms with E-state index in [0.717, 1.165) is 0 Å². The van der Waals surface area contributed by atoms with E-state index in [9.17, 15) is 4.79 Å². The number of hydrogen-bond acceptors (Lipinski definition) is 2. The van der Waals surface area contributed by atoms with Gasteiger partial charge in [0.2, 0.25) is 5.91 Å². The van der Waals surface area contributed by atoms with Crippen molar-refractivity contribution < 1.29 is 9.90 Å². The van der Waals surface area contributed by atoms with Gasteiger partial charge in [0, 0.05) is 16.5 Å². The predicted octanol–water partition coefficient (Wildman–Crippen LogP) is 2.12. The lowest BCUT2D eigenvalue weighted by molar-refractivity contribution is -0.117. The van der Waals surface area contributed by atoms with Crippen molar-refractivity contribution in [2.24, 2.45) is 5.73 Å². The van der Waals surface area contributed by atoms with Crippen LogP contribution in [0.5, 0.6) is 5.75 Å². The maximum atomic E-state index is 10.5. The van der Waals surface area contributed by atoms with E-state index in [1.807, 2.05) is 0 Å². The van der Waals surface area contributed by atoms with E-state index in [1.54, 1.807) is 0 Å². The van der Waals surface area contributed by atoms with Gasteiger partial charge in [-0.05, 0) is 24.1 Å². The molecule has 0 unspecified atom stereocenters. The first kappa shape index (κ1) is 11.1. The molecular weight excluding hydrogens is 225 g/mol. The first-order chi connectivity index (χ1) is 6.50. The molecule has 1 aromatic rings. The van der Waals surface area contributed by atoms with Crippen LogP contribution >= 0.6 is 23.2 Å². The summed E-state index contributed by atoms with van der Waals surface area (Å²) in [6, 6.07) is 2.76. The molecule has 3 nitrogen and oxygen atoms in total. The summed E-state index contributed by atoms with van der Waals surface area (Å²) in [7, 11) is 0. The number of nitrogens with two attached hydrogens (primary N) is 1. The number of primary amides is 1. The molecule has 76 valence electrons. The van der Waals surface area contributed by atoms with Crippen LogP contribution < -0.4 is 5.73 Å². The van der Waals surface area contributed by atoms with Gasteiger partial charge in [-0.2, -0.15) is 0 Å². The molecule has 1 aromatic carbocycles. The van der Waals surface area contributed by atoms with E-state index in [4.69, 9.17) is 34.0 Å². The van der Waals surface area contributed by atoms with Gasteiger partial charge in [-0.1, -0.05) is 23.2 Å². The number of phenolic OH excluding ortho intramolecular Hbond substituents is 1. The maximum Gasteiger partial charge on any atom is 0.217 e. The van der Waals surface area contributed by atoms with Crippen LogP contribution in [0.2, 0.25) is 10.0 Å². The zero-order chi connectivity index (χ0) is 10.7. The average molecular weight is 234 g/mol. The highest BCUT2D eigenvalue weighted by Gasteiger charge is 2.08. The normalized spacial score (nSPS) is 10.1. The van der Waals surface area contributed by atoms with E-state index in [1.165, 1.54) is 12.1 Å². The van der Waals surface area contributed by atoms with Gasteiger partial charge in [-0.15, -0.1) is 0 Å². The molecule has 0 aromatic heterocycles. The third-order valence-corrected chi connectivity index (χ3v) is 2.42. The van der Waals surface area contributed by atoms with Crippen molar-refractivity contribution in [3.8, 4) is 5.75 Å².